The van der Waals surface area contributed by atoms with Crippen molar-refractivity contribution >= 4 is 0 Å². The Hall–Kier alpha value is -0.160. The minimum atomic E-state index is -0.595. The lowest BCUT2D eigenvalue weighted by Crippen LogP contribution is -2.46. The Kier molecular flexibility index (Phi) is 5.53. The third-order valence-corrected chi connectivity index (χ3v) is 3.13. The smallest absolute Gasteiger partial charge is 0.0774 e. The fourth-order valence-corrected chi connectivity index (χ4v) is 2.34. The number of hydrogen-bond donors (Lipinski definition) is 3. The van der Waals surface area contributed by atoms with Crippen molar-refractivity contribution in [3.05, 3.63) is 0 Å². The summed E-state index contributed by atoms with van der Waals surface area (Å²) in [6.45, 7) is 1.80. The van der Waals surface area contributed by atoms with Crippen LogP contribution in [0.1, 0.15) is 32.1 Å². The van der Waals surface area contributed by atoms with Crippen molar-refractivity contribution < 1.29 is 15.3 Å². The van der Waals surface area contributed by atoms with Crippen molar-refractivity contribution in [3.63, 3.8) is 0 Å². The lowest BCUT2D eigenvalue weighted by Gasteiger charge is -2.36. The Morgan fingerprint density at radius 3 is 1.93 bits per heavy atom. The van der Waals surface area contributed by atoms with E-state index in [-0.39, 0.29) is 13.2 Å². The molecule has 90 valence electrons. The molecule has 0 bridgehead atoms. The summed E-state index contributed by atoms with van der Waals surface area (Å²) >= 11 is 0. The molecule has 3 N–H and O–H groups in total. The van der Waals surface area contributed by atoms with E-state index in [0.717, 1.165) is 25.7 Å². The van der Waals surface area contributed by atoms with E-state index < -0.39 is 5.60 Å². The summed E-state index contributed by atoms with van der Waals surface area (Å²) < 4.78 is 0. The number of aliphatic hydroxyl groups is 3. The molecule has 0 aromatic carbocycles. The van der Waals surface area contributed by atoms with Crippen LogP contribution in [0.3, 0.4) is 0 Å². The molecule has 0 aliphatic heterocycles. The largest absolute Gasteiger partial charge is 0.395 e. The molecule has 0 radical (unpaired) electrons. The fourth-order valence-electron chi connectivity index (χ4n) is 2.34. The third kappa shape index (κ3) is 4.47. The Labute approximate surface area is 91.5 Å². The van der Waals surface area contributed by atoms with Gasteiger partial charge in [0.25, 0.3) is 0 Å². The zero-order chi connectivity index (χ0) is 11.1. The molecule has 1 rings (SSSR count). The lowest BCUT2D eigenvalue weighted by atomic mass is 9.84. The van der Waals surface area contributed by atoms with E-state index >= 15 is 0 Å². The van der Waals surface area contributed by atoms with Gasteiger partial charge in [-0.3, -0.25) is 4.90 Å². The summed E-state index contributed by atoms with van der Waals surface area (Å²) in [5.41, 5.74) is -0.595. The molecule has 1 aliphatic carbocycles. The maximum Gasteiger partial charge on any atom is 0.0774 e. The number of rotatable bonds is 6. The number of nitrogens with zero attached hydrogens (tertiary/aromatic N) is 1. The number of aliphatic hydroxyl groups excluding tert-OH is 2. The predicted molar refractivity (Wildman–Crippen MR) is 58.6 cm³/mol. The second-order valence-electron chi connectivity index (χ2n) is 4.51. The van der Waals surface area contributed by atoms with Gasteiger partial charge in [0, 0.05) is 19.6 Å². The van der Waals surface area contributed by atoms with Gasteiger partial charge in [-0.25, -0.2) is 0 Å². The Bertz CT molecular complexity index is 163. The van der Waals surface area contributed by atoms with Crippen LogP contribution in [0.2, 0.25) is 0 Å². The van der Waals surface area contributed by atoms with Crippen molar-refractivity contribution in [1.29, 1.82) is 0 Å². The summed E-state index contributed by atoms with van der Waals surface area (Å²) in [6, 6.07) is 0. The second-order valence-corrected chi connectivity index (χ2v) is 4.51. The molecule has 0 aromatic rings. The molecule has 0 amide bonds. The first-order chi connectivity index (χ1) is 7.20. The van der Waals surface area contributed by atoms with E-state index in [1.165, 1.54) is 6.42 Å². The van der Waals surface area contributed by atoms with Crippen molar-refractivity contribution in [2.75, 3.05) is 32.8 Å². The van der Waals surface area contributed by atoms with Gasteiger partial charge < -0.3 is 15.3 Å². The summed E-state index contributed by atoms with van der Waals surface area (Å²) in [6.07, 6.45) is 5.08. The zero-order valence-corrected chi connectivity index (χ0v) is 9.36. The van der Waals surface area contributed by atoms with Gasteiger partial charge in [0.05, 0.1) is 18.8 Å². The zero-order valence-electron chi connectivity index (χ0n) is 9.36. The normalized spacial score (nSPS) is 20.8. The van der Waals surface area contributed by atoms with Gasteiger partial charge in [-0.05, 0) is 12.8 Å². The van der Waals surface area contributed by atoms with E-state index in [4.69, 9.17) is 10.2 Å². The van der Waals surface area contributed by atoms with Crippen molar-refractivity contribution in [1.82, 2.24) is 4.90 Å². The van der Waals surface area contributed by atoms with Crippen LogP contribution in [0.4, 0.5) is 0 Å². The topological polar surface area (TPSA) is 63.9 Å². The molecule has 0 spiro atoms. The van der Waals surface area contributed by atoms with Crippen LogP contribution in [0.25, 0.3) is 0 Å². The van der Waals surface area contributed by atoms with Crippen LogP contribution in [0, 0.1) is 0 Å². The van der Waals surface area contributed by atoms with E-state index in [1.54, 1.807) is 0 Å². The Morgan fingerprint density at radius 2 is 1.47 bits per heavy atom. The molecule has 4 heteroatoms. The van der Waals surface area contributed by atoms with Gasteiger partial charge in [-0.15, -0.1) is 0 Å². The molecule has 0 heterocycles. The number of hydrogen-bond acceptors (Lipinski definition) is 4. The molecule has 0 unspecified atom stereocenters. The first-order valence-electron chi connectivity index (χ1n) is 5.87. The minimum absolute atomic E-state index is 0.0794. The van der Waals surface area contributed by atoms with Crippen molar-refractivity contribution in [2.45, 2.75) is 37.7 Å². The van der Waals surface area contributed by atoms with Gasteiger partial charge in [-0.2, -0.15) is 0 Å². The molecule has 0 saturated heterocycles. The third-order valence-electron chi connectivity index (χ3n) is 3.13. The standard InChI is InChI=1S/C11H23NO3/c13-8-6-12(7-9-14)10-11(15)4-2-1-3-5-11/h13-15H,1-10H2. The van der Waals surface area contributed by atoms with Crippen LogP contribution >= 0.6 is 0 Å². The van der Waals surface area contributed by atoms with Crippen LogP contribution in [-0.4, -0.2) is 58.7 Å². The molecular weight excluding hydrogens is 194 g/mol. The van der Waals surface area contributed by atoms with Gasteiger partial charge in [-0.1, -0.05) is 19.3 Å². The van der Waals surface area contributed by atoms with Gasteiger partial charge in [0.2, 0.25) is 0 Å². The van der Waals surface area contributed by atoms with Gasteiger partial charge in [0.15, 0.2) is 0 Å². The van der Waals surface area contributed by atoms with Crippen molar-refractivity contribution in [2.24, 2.45) is 0 Å². The SMILES string of the molecule is OCCN(CCO)CC1(O)CCCCC1. The average molecular weight is 217 g/mol. The highest BCUT2D eigenvalue weighted by Gasteiger charge is 2.30. The summed E-state index contributed by atoms with van der Waals surface area (Å²) in [4.78, 5) is 1.94. The van der Waals surface area contributed by atoms with Crippen molar-refractivity contribution in [3.8, 4) is 0 Å². The molecule has 1 fully saturated rings. The van der Waals surface area contributed by atoms with Crippen LogP contribution in [0.15, 0.2) is 0 Å². The second kappa shape index (κ2) is 6.43. The molecule has 0 atom stereocenters. The van der Waals surface area contributed by atoms with Crippen LogP contribution in [0.5, 0.6) is 0 Å². The summed E-state index contributed by atoms with van der Waals surface area (Å²) in [5, 5.41) is 28.0. The maximum atomic E-state index is 10.3. The Morgan fingerprint density at radius 1 is 0.933 bits per heavy atom. The van der Waals surface area contributed by atoms with E-state index in [1.807, 2.05) is 4.90 Å². The molecule has 1 aliphatic rings. The van der Waals surface area contributed by atoms with E-state index in [2.05, 4.69) is 0 Å². The van der Waals surface area contributed by atoms with E-state index in [0.29, 0.717) is 19.6 Å². The fraction of sp³-hybridized carbons (Fsp3) is 1.00. The molecule has 0 aromatic heterocycles. The quantitative estimate of drug-likeness (QED) is 0.584. The highest BCUT2D eigenvalue weighted by molar-refractivity contribution is 4.85. The monoisotopic (exact) mass is 217 g/mol. The highest BCUT2D eigenvalue weighted by Crippen LogP contribution is 2.28. The van der Waals surface area contributed by atoms with E-state index in [9.17, 15) is 5.11 Å². The van der Waals surface area contributed by atoms with Gasteiger partial charge in [0.1, 0.15) is 0 Å². The molecule has 1 saturated carbocycles. The predicted octanol–water partition coefficient (Wildman–Crippen LogP) is -0.0318. The molecular formula is C11H23NO3. The maximum absolute atomic E-state index is 10.3. The molecule has 15 heavy (non-hydrogen) atoms. The van der Waals surface area contributed by atoms with Gasteiger partial charge >= 0.3 is 0 Å². The lowest BCUT2D eigenvalue weighted by molar-refractivity contribution is -0.0312. The molecule has 4 nitrogen and oxygen atoms in total. The highest BCUT2D eigenvalue weighted by atomic mass is 16.3. The van der Waals surface area contributed by atoms with Crippen LogP contribution in [-0.2, 0) is 0 Å². The first-order valence-corrected chi connectivity index (χ1v) is 5.87. The van der Waals surface area contributed by atoms with Crippen LogP contribution < -0.4 is 0 Å². The minimum Gasteiger partial charge on any atom is -0.395 e. The Balaban J connectivity index is 2.39. The summed E-state index contributed by atoms with van der Waals surface area (Å²) in [7, 11) is 0. The summed E-state index contributed by atoms with van der Waals surface area (Å²) in [5.74, 6) is 0. The average Bonchev–Trinajstić information content (AvgIpc) is 2.19. The first kappa shape index (κ1) is 12.9.